The maximum Gasteiger partial charge on any atom is 0.229 e. The van der Waals surface area contributed by atoms with Gasteiger partial charge in [0.2, 0.25) is 5.91 Å². The second-order valence-corrected chi connectivity index (χ2v) is 8.60. The Kier molecular flexibility index (Phi) is 4.54. The molecule has 4 saturated carbocycles. The summed E-state index contributed by atoms with van der Waals surface area (Å²) in [5, 5.41) is 0. The Bertz CT molecular complexity index is 678. The zero-order valence-electron chi connectivity index (χ0n) is 15.9. The first-order chi connectivity index (χ1) is 12.5. The summed E-state index contributed by atoms with van der Waals surface area (Å²) in [4.78, 5) is 28.1. The molecule has 1 aromatic rings. The number of rotatable bonds is 6. The van der Waals surface area contributed by atoms with E-state index < -0.39 is 0 Å². The van der Waals surface area contributed by atoms with Crippen molar-refractivity contribution in [1.82, 2.24) is 4.90 Å². The number of amides is 1. The van der Waals surface area contributed by atoms with Gasteiger partial charge < -0.3 is 9.64 Å². The van der Waals surface area contributed by atoms with Crippen LogP contribution in [0.3, 0.4) is 0 Å². The molecule has 0 spiro atoms. The molecule has 0 N–H and O–H groups in total. The van der Waals surface area contributed by atoms with Crippen LogP contribution in [0.5, 0.6) is 5.75 Å². The van der Waals surface area contributed by atoms with Crippen LogP contribution >= 0.6 is 0 Å². The Morgan fingerprint density at radius 2 is 1.81 bits per heavy atom. The topological polar surface area (TPSA) is 46.6 Å². The fourth-order valence-electron chi connectivity index (χ4n) is 5.82. The average Bonchev–Trinajstić information content (AvgIpc) is 2.65. The minimum Gasteiger partial charge on any atom is -0.497 e. The van der Waals surface area contributed by atoms with Crippen molar-refractivity contribution >= 4 is 11.7 Å². The lowest BCUT2D eigenvalue weighted by Crippen LogP contribution is -2.57. The molecule has 1 amide bonds. The van der Waals surface area contributed by atoms with Gasteiger partial charge in [-0.2, -0.15) is 0 Å². The van der Waals surface area contributed by atoms with Crippen molar-refractivity contribution < 1.29 is 14.3 Å². The summed E-state index contributed by atoms with van der Waals surface area (Å²) in [5.74, 6) is 2.45. The quantitative estimate of drug-likeness (QED) is 0.779. The van der Waals surface area contributed by atoms with Gasteiger partial charge in [-0.15, -0.1) is 0 Å². The Morgan fingerprint density at radius 3 is 2.38 bits per heavy atom. The highest BCUT2D eigenvalue weighted by Gasteiger charge is 2.58. The summed E-state index contributed by atoms with van der Waals surface area (Å²) in [6.07, 6.45) is 5.58. The molecule has 2 unspecified atom stereocenters. The van der Waals surface area contributed by atoms with Crippen molar-refractivity contribution in [3.8, 4) is 5.75 Å². The molecule has 5 rings (SSSR count). The van der Waals surface area contributed by atoms with Crippen LogP contribution in [0.15, 0.2) is 24.3 Å². The highest BCUT2D eigenvalue weighted by molar-refractivity contribution is 5.91. The van der Waals surface area contributed by atoms with Crippen molar-refractivity contribution in [3.05, 3.63) is 29.8 Å². The number of benzene rings is 1. The molecule has 2 atom stereocenters. The van der Waals surface area contributed by atoms with Crippen LogP contribution in [-0.4, -0.2) is 30.2 Å². The molecule has 4 fully saturated rings. The Labute approximate surface area is 155 Å². The van der Waals surface area contributed by atoms with E-state index in [0.717, 1.165) is 56.4 Å². The third kappa shape index (κ3) is 2.93. The summed E-state index contributed by atoms with van der Waals surface area (Å²) in [6.45, 7) is 3.55. The third-order valence-electron chi connectivity index (χ3n) is 6.76. The summed E-state index contributed by atoms with van der Waals surface area (Å²) in [5.41, 5.74) is 0.861. The standard InChI is InChI=1S/C22H29NO3/c1-3-8-23(14-15-4-6-19(26-2)7-5-15)21(25)22-11-16-9-17(12-22)20(24)18(10-16)13-22/h4-7,16-18H,3,8-14H2,1-2H3. The van der Waals surface area contributed by atoms with Crippen LogP contribution in [0.25, 0.3) is 0 Å². The van der Waals surface area contributed by atoms with E-state index in [1.807, 2.05) is 29.2 Å². The van der Waals surface area contributed by atoms with E-state index >= 15 is 0 Å². The first-order valence-corrected chi connectivity index (χ1v) is 10.0. The lowest BCUT2D eigenvalue weighted by atomic mass is 9.48. The van der Waals surface area contributed by atoms with Crippen LogP contribution in [0.2, 0.25) is 0 Å². The average molecular weight is 355 g/mol. The molecule has 4 nitrogen and oxygen atoms in total. The number of hydrogen-bond acceptors (Lipinski definition) is 3. The van der Waals surface area contributed by atoms with Gasteiger partial charge in [0.05, 0.1) is 12.5 Å². The van der Waals surface area contributed by atoms with Gasteiger partial charge in [-0.1, -0.05) is 19.1 Å². The lowest BCUT2D eigenvalue weighted by molar-refractivity contribution is -0.164. The summed E-state index contributed by atoms with van der Waals surface area (Å²) >= 11 is 0. The number of hydrogen-bond donors (Lipinski definition) is 0. The van der Waals surface area contributed by atoms with E-state index in [-0.39, 0.29) is 17.3 Å². The van der Waals surface area contributed by atoms with Crippen LogP contribution in [0.1, 0.15) is 51.0 Å². The Morgan fingerprint density at radius 1 is 1.15 bits per heavy atom. The van der Waals surface area contributed by atoms with Crippen LogP contribution in [-0.2, 0) is 16.1 Å². The van der Waals surface area contributed by atoms with E-state index in [9.17, 15) is 9.59 Å². The second-order valence-electron chi connectivity index (χ2n) is 8.60. The van der Waals surface area contributed by atoms with Gasteiger partial charge in [0, 0.05) is 24.9 Å². The van der Waals surface area contributed by atoms with E-state index in [4.69, 9.17) is 4.74 Å². The second kappa shape index (κ2) is 6.71. The Hall–Kier alpha value is -1.84. The van der Waals surface area contributed by atoms with Crippen molar-refractivity contribution in [1.29, 1.82) is 0 Å². The molecular weight excluding hydrogens is 326 g/mol. The molecule has 4 heteroatoms. The molecule has 0 saturated heterocycles. The largest absolute Gasteiger partial charge is 0.497 e. The van der Waals surface area contributed by atoms with Gasteiger partial charge >= 0.3 is 0 Å². The predicted octanol–water partition coefficient (Wildman–Crippen LogP) is 3.83. The van der Waals surface area contributed by atoms with Crippen molar-refractivity contribution in [2.45, 2.75) is 52.0 Å². The van der Waals surface area contributed by atoms with Crippen molar-refractivity contribution in [2.24, 2.45) is 23.2 Å². The van der Waals surface area contributed by atoms with Gasteiger partial charge in [-0.25, -0.2) is 0 Å². The highest BCUT2D eigenvalue weighted by Crippen LogP contribution is 2.59. The molecule has 1 aromatic carbocycles. The molecule has 4 aliphatic carbocycles. The van der Waals surface area contributed by atoms with Crippen molar-refractivity contribution in [2.75, 3.05) is 13.7 Å². The van der Waals surface area contributed by atoms with Crippen LogP contribution in [0.4, 0.5) is 0 Å². The number of ketones is 1. The molecule has 4 aliphatic rings. The Balaban J connectivity index is 1.54. The smallest absolute Gasteiger partial charge is 0.229 e. The number of nitrogens with zero attached hydrogens (tertiary/aromatic N) is 1. The first-order valence-electron chi connectivity index (χ1n) is 10.0. The maximum atomic E-state index is 13.6. The summed E-state index contributed by atoms with van der Waals surface area (Å²) < 4.78 is 5.23. The van der Waals surface area contributed by atoms with E-state index in [1.54, 1.807) is 7.11 Å². The molecular formula is C22H29NO3. The zero-order valence-corrected chi connectivity index (χ0v) is 15.9. The normalized spacial score (nSPS) is 31.9. The fraction of sp³-hybridized carbons (Fsp3) is 0.636. The summed E-state index contributed by atoms with van der Waals surface area (Å²) in [7, 11) is 1.66. The third-order valence-corrected chi connectivity index (χ3v) is 6.76. The monoisotopic (exact) mass is 355 g/mol. The molecule has 0 heterocycles. The van der Waals surface area contributed by atoms with Crippen LogP contribution in [0, 0.1) is 23.2 Å². The zero-order chi connectivity index (χ0) is 18.3. The van der Waals surface area contributed by atoms with Crippen LogP contribution < -0.4 is 4.74 Å². The van der Waals surface area contributed by atoms with Crippen molar-refractivity contribution in [3.63, 3.8) is 0 Å². The number of carbonyl (C=O) groups excluding carboxylic acids is 2. The molecule has 0 aliphatic heterocycles. The van der Waals surface area contributed by atoms with E-state index in [2.05, 4.69) is 6.92 Å². The molecule has 26 heavy (non-hydrogen) atoms. The summed E-state index contributed by atoms with van der Waals surface area (Å²) in [6, 6.07) is 7.98. The first kappa shape index (κ1) is 17.6. The molecule has 0 radical (unpaired) electrons. The van der Waals surface area contributed by atoms with Gasteiger partial charge in [-0.05, 0) is 62.1 Å². The fourth-order valence-corrected chi connectivity index (χ4v) is 5.82. The maximum absolute atomic E-state index is 13.6. The highest BCUT2D eigenvalue weighted by atomic mass is 16.5. The SMILES string of the molecule is CCCN(Cc1ccc(OC)cc1)C(=O)C12CC3CC(C1)C(=O)C(C3)C2. The number of carbonyl (C=O) groups is 2. The van der Waals surface area contributed by atoms with E-state index in [1.165, 1.54) is 0 Å². The lowest BCUT2D eigenvalue weighted by Gasteiger charge is -2.55. The number of methoxy groups -OCH3 is 1. The van der Waals surface area contributed by atoms with Gasteiger partial charge in [0.1, 0.15) is 11.5 Å². The molecule has 140 valence electrons. The van der Waals surface area contributed by atoms with Gasteiger partial charge in [0.25, 0.3) is 0 Å². The molecule has 0 aromatic heterocycles. The minimum absolute atomic E-state index is 0.148. The van der Waals surface area contributed by atoms with E-state index in [0.29, 0.717) is 24.2 Å². The van der Waals surface area contributed by atoms with Gasteiger partial charge in [0.15, 0.2) is 0 Å². The number of Topliss-reactive ketones (excluding diaryl/α,β-unsaturated/α-hetero) is 1. The van der Waals surface area contributed by atoms with Gasteiger partial charge in [-0.3, -0.25) is 9.59 Å². The molecule has 4 bridgehead atoms. The number of ether oxygens (including phenoxy) is 1. The minimum atomic E-state index is -0.272. The predicted molar refractivity (Wildman–Crippen MR) is 99.7 cm³/mol.